The minimum absolute atomic E-state index is 0.117. The molecule has 0 saturated carbocycles. The molecule has 0 aliphatic carbocycles. The van der Waals surface area contributed by atoms with Crippen LogP contribution in [-0.4, -0.2) is 18.4 Å². The maximum Gasteiger partial charge on any atom is 0.244 e. The molecule has 2 amide bonds. The Morgan fingerprint density at radius 3 is 2.42 bits per heavy atom. The molecule has 0 aliphatic rings. The minimum atomic E-state index is -0.592. The van der Waals surface area contributed by atoms with Crippen LogP contribution in [0.5, 0.6) is 0 Å². The van der Waals surface area contributed by atoms with Gasteiger partial charge in [-0.25, -0.2) is 4.39 Å². The predicted molar refractivity (Wildman–Crippen MR) is 94.5 cm³/mol. The van der Waals surface area contributed by atoms with Crippen LogP contribution in [0.4, 0.5) is 15.8 Å². The summed E-state index contributed by atoms with van der Waals surface area (Å²) < 4.78 is 13.1. The topological polar surface area (TPSA) is 49.4 Å². The fourth-order valence-electron chi connectivity index (χ4n) is 1.98. The van der Waals surface area contributed by atoms with Gasteiger partial charge in [0.2, 0.25) is 11.8 Å². The molecule has 126 valence electrons. The van der Waals surface area contributed by atoms with E-state index in [4.69, 9.17) is 34.8 Å². The standard InChI is InChI=1S/C16H12Cl3FN2O2/c1-9(23)22(15-6-10(17)2-4-12(15)18)8-16(24)21-11-3-5-14(20)13(19)7-11/h2-7H,8H2,1H3,(H,21,24). The first-order valence-electron chi connectivity index (χ1n) is 6.76. The number of carbonyl (C=O) groups is 2. The van der Waals surface area contributed by atoms with E-state index in [1.54, 1.807) is 6.07 Å². The van der Waals surface area contributed by atoms with Gasteiger partial charge >= 0.3 is 0 Å². The third-order valence-corrected chi connectivity index (χ3v) is 3.93. The Morgan fingerprint density at radius 2 is 1.79 bits per heavy atom. The van der Waals surface area contributed by atoms with E-state index < -0.39 is 11.7 Å². The lowest BCUT2D eigenvalue weighted by Gasteiger charge is -2.22. The van der Waals surface area contributed by atoms with Gasteiger partial charge < -0.3 is 10.2 Å². The van der Waals surface area contributed by atoms with Gasteiger partial charge in [-0.2, -0.15) is 0 Å². The highest BCUT2D eigenvalue weighted by Gasteiger charge is 2.19. The second-order valence-corrected chi connectivity index (χ2v) is 6.13. The second-order valence-electron chi connectivity index (χ2n) is 4.88. The summed E-state index contributed by atoms with van der Waals surface area (Å²) >= 11 is 17.7. The van der Waals surface area contributed by atoms with Crippen LogP contribution in [0.15, 0.2) is 36.4 Å². The first-order valence-corrected chi connectivity index (χ1v) is 7.89. The Bertz CT molecular complexity index is 799. The SMILES string of the molecule is CC(=O)N(CC(=O)Nc1ccc(F)c(Cl)c1)c1cc(Cl)ccc1Cl. The van der Waals surface area contributed by atoms with Crippen LogP contribution in [-0.2, 0) is 9.59 Å². The van der Waals surface area contributed by atoms with Gasteiger partial charge in [0, 0.05) is 17.6 Å². The molecule has 0 aliphatic heterocycles. The number of nitrogens with one attached hydrogen (secondary N) is 1. The van der Waals surface area contributed by atoms with Crippen LogP contribution in [0.1, 0.15) is 6.92 Å². The van der Waals surface area contributed by atoms with Gasteiger partial charge in [0.15, 0.2) is 0 Å². The van der Waals surface area contributed by atoms with Gasteiger partial charge in [-0.3, -0.25) is 9.59 Å². The van der Waals surface area contributed by atoms with E-state index in [2.05, 4.69) is 5.32 Å². The number of halogens is 4. The molecule has 1 N–H and O–H groups in total. The van der Waals surface area contributed by atoms with Crippen molar-refractivity contribution in [3.05, 3.63) is 57.3 Å². The molecular weight excluding hydrogens is 378 g/mol. The van der Waals surface area contributed by atoms with E-state index in [1.165, 1.54) is 36.1 Å². The summed E-state index contributed by atoms with van der Waals surface area (Å²) in [7, 11) is 0. The first-order chi connectivity index (χ1) is 11.3. The van der Waals surface area contributed by atoms with Gasteiger partial charge in [-0.15, -0.1) is 0 Å². The molecule has 0 heterocycles. The molecular formula is C16H12Cl3FN2O2. The largest absolute Gasteiger partial charge is 0.324 e. The van der Waals surface area contributed by atoms with E-state index in [0.29, 0.717) is 16.4 Å². The van der Waals surface area contributed by atoms with Crippen LogP contribution in [0.2, 0.25) is 15.1 Å². The normalized spacial score (nSPS) is 10.4. The molecule has 0 spiro atoms. The number of nitrogens with zero attached hydrogens (tertiary/aromatic N) is 1. The molecule has 0 atom stereocenters. The highest BCUT2D eigenvalue weighted by molar-refractivity contribution is 6.36. The van der Waals surface area contributed by atoms with Gasteiger partial charge in [0.25, 0.3) is 0 Å². The number of amides is 2. The highest BCUT2D eigenvalue weighted by atomic mass is 35.5. The van der Waals surface area contributed by atoms with E-state index in [1.807, 2.05) is 0 Å². The number of anilines is 2. The van der Waals surface area contributed by atoms with E-state index in [-0.39, 0.29) is 22.5 Å². The molecule has 0 saturated heterocycles. The Morgan fingerprint density at radius 1 is 1.08 bits per heavy atom. The zero-order valence-corrected chi connectivity index (χ0v) is 14.7. The van der Waals surface area contributed by atoms with Crippen LogP contribution < -0.4 is 10.2 Å². The summed E-state index contributed by atoms with van der Waals surface area (Å²) in [6.45, 7) is 1.02. The van der Waals surface area contributed by atoms with Gasteiger partial charge in [0.05, 0.1) is 15.7 Å². The number of hydrogen-bond acceptors (Lipinski definition) is 2. The average molecular weight is 390 g/mol. The molecule has 0 bridgehead atoms. The predicted octanol–water partition coefficient (Wildman–Crippen LogP) is 4.78. The Labute approximate surface area is 153 Å². The second kappa shape index (κ2) is 7.83. The molecule has 4 nitrogen and oxygen atoms in total. The quantitative estimate of drug-likeness (QED) is 0.818. The Hall–Kier alpha value is -1.82. The van der Waals surface area contributed by atoms with Gasteiger partial charge in [-0.05, 0) is 36.4 Å². The molecule has 2 aromatic rings. The van der Waals surface area contributed by atoms with Crippen molar-refractivity contribution in [1.29, 1.82) is 0 Å². The maximum atomic E-state index is 13.1. The van der Waals surface area contributed by atoms with Crippen molar-refractivity contribution in [2.75, 3.05) is 16.8 Å². The molecule has 0 fully saturated rings. The Balaban J connectivity index is 2.18. The Kier molecular flexibility index (Phi) is 6.04. The van der Waals surface area contributed by atoms with Crippen molar-refractivity contribution in [3.63, 3.8) is 0 Å². The fraction of sp³-hybridized carbons (Fsp3) is 0.125. The summed E-state index contributed by atoms with van der Waals surface area (Å²) in [6, 6.07) is 8.38. The van der Waals surface area contributed by atoms with Crippen molar-refractivity contribution in [1.82, 2.24) is 0 Å². The van der Waals surface area contributed by atoms with Crippen molar-refractivity contribution in [2.24, 2.45) is 0 Å². The van der Waals surface area contributed by atoms with E-state index in [0.717, 1.165) is 6.07 Å². The monoisotopic (exact) mass is 388 g/mol. The number of hydrogen-bond donors (Lipinski definition) is 1. The van der Waals surface area contributed by atoms with Crippen molar-refractivity contribution in [2.45, 2.75) is 6.92 Å². The van der Waals surface area contributed by atoms with Crippen molar-refractivity contribution in [3.8, 4) is 0 Å². The number of carbonyl (C=O) groups excluding carboxylic acids is 2. The van der Waals surface area contributed by atoms with Crippen LogP contribution in [0, 0.1) is 5.82 Å². The summed E-state index contributed by atoms with van der Waals surface area (Å²) in [5, 5.41) is 3.09. The van der Waals surface area contributed by atoms with Crippen LogP contribution in [0.25, 0.3) is 0 Å². The minimum Gasteiger partial charge on any atom is -0.324 e. The van der Waals surface area contributed by atoms with Crippen LogP contribution in [0.3, 0.4) is 0 Å². The van der Waals surface area contributed by atoms with Crippen molar-refractivity contribution < 1.29 is 14.0 Å². The summed E-state index contributed by atoms with van der Waals surface area (Å²) in [4.78, 5) is 25.2. The van der Waals surface area contributed by atoms with E-state index >= 15 is 0 Å². The maximum absolute atomic E-state index is 13.1. The third-order valence-electron chi connectivity index (χ3n) is 3.08. The van der Waals surface area contributed by atoms with Gasteiger partial charge in [0.1, 0.15) is 12.4 Å². The summed E-state index contributed by atoms with van der Waals surface area (Å²) in [5.41, 5.74) is 0.635. The molecule has 8 heteroatoms. The summed E-state index contributed by atoms with van der Waals surface area (Å²) in [6.07, 6.45) is 0. The van der Waals surface area contributed by atoms with Crippen molar-refractivity contribution >= 4 is 58.0 Å². The highest BCUT2D eigenvalue weighted by Crippen LogP contribution is 2.29. The third kappa shape index (κ3) is 4.60. The molecule has 0 unspecified atom stereocenters. The lowest BCUT2D eigenvalue weighted by Crippen LogP contribution is -2.36. The smallest absolute Gasteiger partial charge is 0.244 e. The van der Waals surface area contributed by atoms with E-state index in [9.17, 15) is 14.0 Å². The van der Waals surface area contributed by atoms with Gasteiger partial charge in [-0.1, -0.05) is 34.8 Å². The number of benzene rings is 2. The lowest BCUT2D eigenvalue weighted by atomic mass is 10.2. The molecule has 0 radical (unpaired) electrons. The molecule has 0 aromatic heterocycles. The zero-order valence-electron chi connectivity index (χ0n) is 12.4. The molecule has 24 heavy (non-hydrogen) atoms. The summed E-state index contributed by atoms with van der Waals surface area (Å²) in [5.74, 6) is -1.47. The van der Waals surface area contributed by atoms with Crippen LogP contribution >= 0.6 is 34.8 Å². The first kappa shape index (κ1) is 18.5. The molecule has 2 aromatic carbocycles. The zero-order chi connectivity index (χ0) is 17.9. The molecule has 2 rings (SSSR count). The average Bonchev–Trinajstić information content (AvgIpc) is 2.51. The lowest BCUT2D eigenvalue weighted by molar-refractivity contribution is -0.120. The fourth-order valence-corrected chi connectivity index (χ4v) is 2.54. The number of rotatable bonds is 4.